The molecule has 1 aliphatic rings. The van der Waals surface area contributed by atoms with Crippen LogP contribution in [0.5, 0.6) is 0 Å². The van der Waals surface area contributed by atoms with Crippen LogP contribution in [0.2, 0.25) is 0 Å². The Morgan fingerprint density at radius 1 is 1.24 bits per heavy atom. The lowest BCUT2D eigenvalue weighted by atomic mass is 9.90. The number of alkyl carbamates (subject to hydrolysis) is 1. The third-order valence-corrected chi connectivity index (χ3v) is 3.89. The van der Waals surface area contributed by atoms with Crippen molar-refractivity contribution < 1.29 is 9.53 Å². The molecule has 0 aliphatic heterocycles. The largest absolute Gasteiger partial charge is 0.444 e. The fraction of sp³-hybridized carbons (Fsp3) is 0.938. The molecule has 1 unspecified atom stereocenters. The molecule has 1 atom stereocenters. The lowest BCUT2D eigenvalue weighted by Gasteiger charge is -2.33. The van der Waals surface area contributed by atoms with E-state index in [-0.39, 0.29) is 12.1 Å². The fourth-order valence-corrected chi connectivity index (χ4v) is 2.58. The number of carbonyl (C=O) groups is 1. The van der Waals surface area contributed by atoms with Gasteiger partial charge in [-0.15, -0.1) is 0 Å². The van der Waals surface area contributed by atoms with Gasteiger partial charge in [-0.05, 0) is 52.4 Å². The molecule has 1 fully saturated rings. The van der Waals surface area contributed by atoms with Gasteiger partial charge in [0.2, 0.25) is 0 Å². The Morgan fingerprint density at radius 3 is 2.29 bits per heavy atom. The van der Waals surface area contributed by atoms with Gasteiger partial charge < -0.3 is 21.1 Å². The molecule has 0 spiro atoms. The van der Waals surface area contributed by atoms with E-state index in [2.05, 4.69) is 24.5 Å². The van der Waals surface area contributed by atoms with Crippen molar-refractivity contribution in [3.8, 4) is 0 Å². The highest BCUT2D eigenvalue weighted by atomic mass is 16.6. The summed E-state index contributed by atoms with van der Waals surface area (Å²) in [5.41, 5.74) is 5.49. The van der Waals surface area contributed by atoms with Crippen molar-refractivity contribution in [3.63, 3.8) is 0 Å². The highest BCUT2D eigenvalue weighted by molar-refractivity contribution is 5.67. The van der Waals surface area contributed by atoms with Crippen molar-refractivity contribution in [2.45, 2.75) is 84.0 Å². The Morgan fingerprint density at radius 2 is 1.81 bits per heavy atom. The van der Waals surface area contributed by atoms with Gasteiger partial charge in [-0.2, -0.15) is 0 Å². The minimum absolute atomic E-state index is 0.261. The summed E-state index contributed by atoms with van der Waals surface area (Å²) in [6.45, 7) is 10.5. The smallest absolute Gasteiger partial charge is 0.407 e. The molecular weight excluding hydrogens is 266 g/mol. The number of nitrogens with one attached hydrogen (secondary N) is 2. The third kappa shape index (κ3) is 7.67. The van der Waals surface area contributed by atoms with E-state index in [4.69, 9.17) is 10.5 Å². The molecule has 21 heavy (non-hydrogen) atoms. The Labute approximate surface area is 129 Å². The normalized spacial score (nSPS) is 24.7. The van der Waals surface area contributed by atoms with Crippen LogP contribution in [0.4, 0.5) is 4.79 Å². The summed E-state index contributed by atoms with van der Waals surface area (Å²) >= 11 is 0. The van der Waals surface area contributed by atoms with Gasteiger partial charge in [0.1, 0.15) is 5.60 Å². The van der Waals surface area contributed by atoms with Gasteiger partial charge in [0.25, 0.3) is 0 Å². The maximum atomic E-state index is 11.7. The summed E-state index contributed by atoms with van der Waals surface area (Å²) < 4.78 is 5.28. The number of carbonyl (C=O) groups excluding carboxylic acids is 1. The van der Waals surface area contributed by atoms with Crippen LogP contribution in [0.25, 0.3) is 0 Å². The summed E-state index contributed by atoms with van der Waals surface area (Å²) in [5, 5.41) is 6.54. The molecule has 0 aromatic carbocycles. The topological polar surface area (TPSA) is 76.4 Å². The second-order valence-electron chi connectivity index (χ2n) is 7.51. The third-order valence-electron chi connectivity index (χ3n) is 3.89. The zero-order valence-corrected chi connectivity index (χ0v) is 14.2. The van der Waals surface area contributed by atoms with E-state index < -0.39 is 5.60 Å². The predicted molar refractivity (Wildman–Crippen MR) is 86.2 cm³/mol. The Bertz CT molecular complexity index is 318. The maximum Gasteiger partial charge on any atom is 0.407 e. The van der Waals surface area contributed by atoms with Crippen LogP contribution in [0, 0.1) is 5.92 Å². The Balaban J connectivity index is 2.38. The SMILES string of the molecule is CC(C)C(CNC(=O)OC(C)(C)C)NC1CCC(N)CC1. The first-order chi connectivity index (χ1) is 9.67. The molecular formula is C16H33N3O2. The van der Waals surface area contributed by atoms with Gasteiger partial charge in [0.05, 0.1) is 0 Å². The van der Waals surface area contributed by atoms with Crippen LogP contribution in [0.1, 0.15) is 60.3 Å². The maximum absolute atomic E-state index is 11.7. The van der Waals surface area contributed by atoms with Crippen molar-refractivity contribution in [1.82, 2.24) is 10.6 Å². The first-order valence-electron chi connectivity index (χ1n) is 8.16. The second-order valence-corrected chi connectivity index (χ2v) is 7.51. The lowest BCUT2D eigenvalue weighted by molar-refractivity contribution is 0.0517. The van der Waals surface area contributed by atoms with Crippen LogP contribution >= 0.6 is 0 Å². The number of rotatable bonds is 5. The Kier molecular flexibility index (Phi) is 6.94. The predicted octanol–water partition coefficient (Wildman–Crippen LogP) is 2.40. The van der Waals surface area contributed by atoms with E-state index in [9.17, 15) is 4.79 Å². The molecule has 1 rings (SSSR count). The zero-order chi connectivity index (χ0) is 16.0. The van der Waals surface area contributed by atoms with Crippen LogP contribution < -0.4 is 16.4 Å². The minimum Gasteiger partial charge on any atom is -0.444 e. The van der Waals surface area contributed by atoms with E-state index in [0.717, 1.165) is 25.7 Å². The van der Waals surface area contributed by atoms with Gasteiger partial charge in [-0.3, -0.25) is 0 Å². The van der Waals surface area contributed by atoms with E-state index in [1.165, 1.54) is 0 Å². The monoisotopic (exact) mass is 299 g/mol. The van der Waals surface area contributed by atoms with Crippen molar-refractivity contribution in [3.05, 3.63) is 0 Å². The van der Waals surface area contributed by atoms with Crippen LogP contribution in [0.15, 0.2) is 0 Å². The quantitative estimate of drug-likeness (QED) is 0.728. The standard InChI is InChI=1S/C16H33N3O2/c1-11(2)14(10-18-15(20)21-16(3,4)5)19-13-8-6-12(17)7-9-13/h11-14,19H,6-10,17H2,1-5H3,(H,18,20). The molecule has 1 amide bonds. The molecule has 1 aliphatic carbocycles. The molecule has 4 N–H and O–H groups in total. The van der Waals surface area contributed by atoms with Crippen molar-refractivity contribution >= 4 is 6.09 Å². The number of hydrogen-bond acceptors (Lipinski definition) is 4. The molecule has 5 nitrogen and oxygen atoms in total. The molecule has 1 saturated carbocycles. The average Bonchev–Trinajstić information content (AvgIpc) is 2.34. The van der Waals surface area contributed by atoms with E-state index in [1.807, 2.05) is 20.8 Å². The number of nitrogens with two attached hydrogens (primary N) is 1. The van der Waals surface area contributed by atoms with E-state index >= 15 is 0 Å². The van der Waals surface area contributed by atoms with Crippen LogP contribution in [-0.2, 0) is 4.74 Å². The molecule has 0 aromatic rings. The average molecular weight is 299 g/mol. The summed E-state index contributed by atoms with van der Waals surface area (Å²) in [7, 11) is 0. The summed E-state index contributed by atoms with van der Waals surface area (Å²) in [5.74, 6) is 0.454. The highest BCUT2D eigenvalue weighted by Crippen LogP contribution is 2.18. The molecule has 5 heteroatoms. The molecule has 0 radical (unpaired) electrons. The number of amides is 1. The van der Waals surface area contributed by atoms with Crippen LogP contribution in [-0.4, -0.2) is 36.4 Å². The molecule has 0 heterocycles. The van der Waals surface area contributed by atoms with Gasteiger partial charge in [-0.25, -0.2) is 4.79 Å². The van der Waals surface area contributed by atoms with Crippen molar-refractivity contribution in [1.29, 1.82) is 0 Å². The van der Waals surface area contributed by atoms with Gasteiger partial charge >= 0.3 is 6.09 Å². The summed E-state index contributed by atoms with van der Waals surface area (Å²) in [4.78, 5) is 11.7. The minimum atomic E-state index is -0.454. The highest BCUT2D eigenvalue weighted by Gasteiger charge is 2.24. The molecule has 0 bridgehead atoms. The first kappa shape index (κ1) is 18.2. The van der Waals surface area contributed by atoms with Gasteiger partial charge in [0, 0.05) is 24.7 Å². The van der Waals surface area contributed by atoms with Crippen molar-refractivity contribution in [2.24, 2.45) is 11.7 Å². The second kappa shape index (κ2) is 7.99. The molecule has 0 aromatic heterocycles. The fourth-order valence-electron chi connectivity index (χ4n) is 2.58. The summed E-state index contributed by atoms with van der Waals surface area (Å²) in [6, 6.07) is 1.13. The molecule has 124 valence electrons. The van der Waals surface area contributed by atoms with Crippen molar-refractivity contribution in [2.75, 3.05) is 6.54 Å². The lowest BCUT2D eigenvalue weighted by Crippen LogP contribution is -2.50. The number of hydrogen-bond donors (Lipinski definition) is 3. The van der Waals surface area contributed by atoms with Crippen LogP contribution in [0.3, 0.4) is 0 Å². The van der Waals surface area contributed by atoms with E-state index in [0.29, 0.717) is 24.5 Å². The molecule has 0 saturated heterocycles. The van der Waals surface area contributed by atoms with Gasteiger partial charge in [-0.1, -0.05) is 13.8 Å². The van der Waals surface area contributed by atoms with E-state index in [1.54, 1.807) is 0 Å². The zero-order valence-electron chi connectivity index (χ0n) is 14.2. The first-order valence-corrected chi connectivity index (χ1v) is 8.16. The van der Waals surface area contributed by atoms with Gasteiger partial charge in [0.15, 0.2) is 0 Å². The Hall–Kier alpha value is -0.810. The summed E-state index contributed by atoms with van der Waals surface area (Å²) in [6.07, 6.45) is 4.07. The number of ether oxygens (including phenoxy) is 1.